The minimum atomic E-state index is -0.359. The second kappa shape index (κ2) is 5.14. The van der Waals surface area contributed by atoms with Crippen LogP contribution in [0.4, 0.5) is 0 Å². The van der Waals surface area contributed by atoms with E-state index in [0.29, 0.717) is 0 Å². The van der Waals surface area contributed by atoms with Crippen LogP contribution in [-0.2, 0) is 15.9 Å². The van der Waals surface area contributed by atoms with Crippen LogP contribution in [0.15, 0.2) is 54.9 Å². The number of pyridine rings is 1. The van der Waals surface area contributed by atoms with Crippen LogP contribution in [0.1, 0.15) is 38.8 Å². The van der Waals surface area contributed by atoms with Crippen LogP contribution in [0.5, 0.6) is 0 Å². The fraction of sp³-hybridized carbons (Fsp3) is 0.353. The first kappa shape index (κ1) is 13.8. The lowest BCUT2D eigenvalue weighted by atomic mass is 9.93. The van der Waals surface area contributed by atoms with Crippen molar-refractivity contribution in [3.63, 3.8) is 0 Å². The normalized spacial score (nSPS) is 12.4. The highest BCUT2D eigenvalue weighted by Gasteiger charge is 2.31. The topological polar surface area (TPSA) is 22.1 Å². The van der Waals surface area contributed by atoms with E-state index in [1.54, 1.807) is 12.4 Å². The van der Waals surface area contributed by atoms with Gasteiger partial charge < -0.3 is 4.74 Å². The quantitative estimate of drug-likeness (QED) is 0.814. The molecule has 2 aromatic rings. The van der Waals surface area contributed by atoms with Gasteiger partial charge in [-0.3, -0.25) is 4.98 Å². The van der Waals surface area contributed by atoms with Crippen molar-refractivity contribution in [2.75, 3.05) is 0 Å². The number of benzene rings is 1. The molecular weight excluding hydrogens is 234 g/mol. The van der Waals surface area contributed by atoms with Crippen LogP contribution in [0.2, 0.25) is 0 Å². The maximum Gasteiger partial charge on any atom is 0.0888 e. The largest absolute Gasteiger partial charge is 0.360 e. The van der Waals surface area contributed by atoms with Gasteiger partial charge in [0.05, 0.1) is 11.2 Å². The van der Waals surface area contributed by atoms with Crippen LogP contribution in [-0.4, -0.2) is 4.98 Å². The molecule has 19 heavy (non-hydrogen) atoms. The molecule has 2 nitrogen and oxygen atoms in total. The van der Waals surface area contributed by atoms with Crippen LogP contribution in [0.3, 0.4) is 0 Å². The molecule has 0 aliphatic heterocycles. The minimum absolute atomic E-state index is 0.339. The second-order valence-electron chi connectivity index (χ2n) is 5.72. The van der Waals surface area contributed by atoms with Gasteiger partial charge in [-0.15, -0.1) is 0 Å². The Morgan fingerprint density at radius 1 is 0.737 bits per heavy atom. The maximum atomic E-state index is 6.37. The van der Waals surface area contributed by atoms with Gasteiger partial charge in [0.15, 0.2) is 0 Å². The van der Waals surface area contributed by atoms with Crippen LogP contribution in [0.25, 0.3) is 0 Å². The van der Waals surface area contributed by atoms with Crippen molar-refractivity contribution in [1.82, 2.24) is 4.98 Å². The zero-order valence-electron chi connectivity index (χ0n) is 12.1. The average molecular weight is 255 g/mol. The molecule has 0 saturated heterocycles. The molecule has 1 aromatic carbocycles. The summed E-state index contributed by atoms with van der Waals surface area (Å²) < 4.78 is 6.37. The highest BCUT2D eigenvalue weighted by molar-refractivity contribution is 5.23. The molecule has 100 valence electrons. The van der Waals surface area contributed by atoms with Gasteiger partial charge in [0.1, 0.15) is 0 Å². The number of nitrogens with zero attached hydrogens (tertiary/aromatic N) is 1. The second-order valence-corrected chi connectivity index (χ2v) is 5.72. The van der Waals surface area contributed by atoms with E-state index in [9.17, 15) is 0 Å². The summed E-state index contributed by atoms with van der Waals surface area (Å²) >= 11 is 0. The van der Waals surface area contributed by atoms with E-state index in [2.05, 4.69) is 44.8 Å². The summed E-state index contributed by atoms with van der Waals surface area (Å²) in [5.41, 5.74) is 1.61. The fourth-order valence-corrected chi connectivity index (χ4v) is 2.35. The van der Waals surface area contributed by atoms with Crippen LogP contribution in [0, 0.1) is 0 Å². The van der Waals surface area contributed by atoms with E-state index in [4.69, 9.17) is 4.74 Å². The Kier molecular flexibility index (Phi) is 3.72. The number of hydrogen-bond acceptors (Lipinski definition) is 2. The lowest BCUT2D eigenvalue weighted by Crippen LogP contribution is -2.33. The lowest BCUT2D eigenvalue weighted by Gasteiger charge is -2.36. The molecule has 0 unspecified atom stereocenters. The van der Waals surface area contributed by atoms with Crippen LogP contribution < -0.4 is 0 Å². The smallest absolute Gasteiger partial charge is 0.0888 e. The van der Waals surface area contributed by atoms with E-state index in [-0.39, 0.29) is 11.2 Å². The summed E-state index contributed by atoms with van der Waals surface area (Å²) in [5, 5.41) is 0. The van der Waals surface area contributed by atoms with Gasteiger partial charge in [-0.25, -0.2) is 0 Å². The zero-order valence-corrected chi connectivity index (χ0v) is 12.1. The standard InChI is InChI=1S/C17H21NO/c1-16(2,14-8-6-5-7-9-14)19-17(3,4)15-10-12-18-13-11-15/h5-13H,1-4H3. The molecular formula is C17H21NO. The predicted octanol–water partition coefficient (Wildman–Crippen LogP) is 4.27. The average Bonchev–Trinajstić information content (AvgIpc) is 2.40. The summed E-state index contributed by atoms with van der Waals surface area (Å²) in [6, 6.07) is 14.3. The van der Waals surface area contributed by atoms with E-state index in [0.717, 1.165) is 5.56 Å². The predicted molar refractivity (Wildman–Crippen MR) is 77.8 cm³/mol. The van der Waals surface area contributed by atoms with Gasteiger partial charge in [-0.05, 0) is 51.0 Å². The Labute approximate surface area is 115 Å². The molecule has 0 N–H and O–H groups in total. The van der Waals surface area contributed by atoms with Gasteiger partial charge in [0, 0.05) is 12.4 Å². The molecule has 0 amide bonds. The molecule has 1 aromatic heterocycles. The molecule has 0 bridgehead atoms. The first-order chi connectivity index (χ1) is 8.92. The van der Waals surface area contributed by atoms with E-state index < -0.39 is 0 Å². The van der Waals surface area contributed by atoms with Gasteiger partial charge in [0.25, 0.3) is 0 Å². The SMILES string of the molecule is CC(C)(OC(C)(C)c1ccncc1)c1ccccc1. The highest BCUT2D eigenvalue weighted by Crippen LogP contribution is 2.35. The van der Waals surface area contributed by atoms with Gasteiger partial charge in [0.2, 0.25) is 0 Å². The number of aromatic nitrogens is 1. The summed E-state index contributed by atoms with van der Waals surface area (Å²) in [4.78, 5) is 4.06. The summed E-state index contributed by atoms with van der Waals surface area (Å²) in [5.74, 6) is 0. The summed E-state index contributed by atoms with van der Waals surface area (Å²) in [6.07, 6.45) is 3.60. The lowest BCUT2D eigenvalue weighted by molar-refractivity contribution is -0.132. The van der Waals surface area contributed by atoms with Crippen molar-refractivity contribution in [3.05, 3.63) is 66.0 Å². The van der Waals surface area contributed by atoms with Gasteiger partial charge >= 0.3 is 0 Å². The molecule has 0 fully saturated rings. The monoisotopic (exact) mass is 255 g/mol. The van der Waals surface area contributed by atoms with Crippen molar-refractivity contribution in [3.8, 4) is 0 Å². The molecule has 0 saturated carbocycles. The van der Waals surface area contributed by atoms with E-state index in [1.807, 2.05) is 30.3 Å². The van der Waals surface area contributed by atoms with Crippen LogP contribution >= 0.6 is 0 Å². The Morgan fingerprint density at radius 3 is 1.74 bits per heavy atom. The summed E-state index contributed by atoms with van der Waals surface area (Å²) in [6.45, 7) is 8.39. The highest BCUT2D eigenvalue weighted by atomic mass is 16.5. The van der Waals surface area contributed by atoms with Crippen molar-refractivity contribution in [2.24, 2.45) is 0 Å². The molecule has 0 aliphatic rings. The van der Waals surface area contributed by atoms with Crippen molar-refractivity contribution >= 4 is 0 Å². The van der Waals surface area contributed by atoms with Crippen molar-refractivity contribution < 1.29 is 4.74 Å². The third kappa shape index (κ3) is 3.21. The zero-order chi connectivity index (χ0) is 13.9. The molecule has 0 radical (unpaired) electrons. The third-order valence-electron chi connectivity index (χ3n) is 3.35. The number of rotatable bonds is 4. The molecule has 0 atom stereocenters. The Balaban J connectivity index is 2.25. The van der Waals surface area contributed by atoms with E-state index in [1.165, 1.54) is 5.56 Å². The maximum absolute atomic E-state index is 6.37. The fourth-order valence-electron chi connectivity index (χ4n) is 2.35. The Bertz CT molecular complexity index is 468. The molecule has 2 rings (SSSR count). The Hall–Kier alpha value is -1.67. The molecule has 0 spiro atoms. The first-order valence-corrected chi connectivity index (χ1v) is 6.58. The van der Waals surface area contributed by atoms with Gasteiger partial charge in [-0.1, -0.05) is 30.3 Å². The summed E-state index contributed by atoms with van der Waals surface area (Å²) in [7, 11) is 0. The van der Waals surface area contributed by atoms with Crippen molar-refractivity contribution in [1.29, 1.82) is 0 Å². The number of hydrogen-bond donors (Lipinski definition) is 0. The van der Waals surface area contributed by atoms with E-state index >= 15 is 0 Å². The Morgan fingerprint density at radius 2 is 1.21 bits per heavy atom. The third-order valence-corrected chi connectivity index (χ3v) is 3.35. The minimum Gasteiger partial charge on any atom is -0.360 e. The van der Waals surface area contributed by atoms with Gasteiger partial charge in [-0.2, -0.15) is 0 Å². The number of ether oxygens (including phenoxy) is 1. The molecule has 1 heterocycles. The van der Waals surface area contributed by atoms with Crippen molar-refractivity contribution in [2.45, 2.75) is 38.9 Å². The first-order valence-electron chi connectivity index (χ1n) is 6.58. The molecule has 0 aliphatic carbocycles. The molecule has 2 heteroatoms.